The van der Waals surface area contributed by atoms with E-state index in [1.54, 1.807) is 0 Å². The number of halogens is 1. The highest BCUT2D eigenvalue weighted by molar-refractivity contribution is 9.09. The fourth-order valence-corrected chi connectivity index (χ4v) is 5.88. The van der Waals surface area contributed by atoms with Gasteiger partial charge in [0.2, 0.25) is 0 Å². The molecule has 0 N–H and O–H groups in total. The van der Waals surface area contributed by atoms with Gasteiger partial charge in [-0.1, -0.05) is 59.5 Å². The molecular weight excluding hydrogens is 324 g/mol. The Hall–Kier alpha value is -0.340. The molecule has 1 spiro atoms. The predicted octanol–water partition coefficient (Wildman–Crippen LogP) is 5.57. The number of hydrogen-bond donors (Lipinski definition) is 0. The summed E-state index contributed by atoms with van der Waals surface area (Å²) in [6.45, 7) is 0. The Kier molecular flexibility index (Phi) is 3.87. The van der Waals surface area contributed by atoms with Crippen LogP contribution in [0.4, 0.5) is 0 Å². The topological polar surface area (TPSA) is 9.23 Å². The van der Waals surface area contributed by atoms with Crippen LogP contribution in [0, 0.1) is 5.41 Å². The molecule has 1 aromatic rings. The molecule has 3 atom stereocenters. The Morgan fingerprint density at radius 3 is 2.67 bits per heavy atom. The first-order chi connectivity index (χ1) is 10.3. The summed E-state index contributed by atoms with van der Waals surface area (Å²) in [6.07, 6.45) is 12.7. The first-order valence-corrected chi connectivity index (χ1v) is 9.58. The average molecular weight is 349 g/mol. The van der Waals surface area contributed by atoms with E-state index in [0.29, 0.717) is 22.5 Å². The van der Waals surface area contributed by atoms with Crippen LogP contribution < -0.4 is 0 Å². The molecule has 0 bridgehead atoms. The molecular formula is C19H25BrO. The molecule has 3 unspecified atom stereocenters. The van der Waals surface area contributed by atoms with E-state index in [0.717, 1.165) is 0 Å². The Labute approximate surface area is 136 Å². The molecule has 1 aromatic carbocycles. The van der Waals surface area contributed by atoms with E-state index in [1.165, 1.54) is 68.9 Å². The summed E-state index contributed by atoms with van der Waals surface area (Å²) in [6, 6.07) is 8.92. The molecule has 3 aliphatic rings. The first kappa shape index (κ1) is 14.3. The van der Waals surface area contributed by atoms with Crippen LogP contribution in [0.2, 0.25) is 0 Å². The van der Waals surface area contributed by atoms with E-state index in [1.807, 2.05) is 0 Å². The Bertz CT molecular complexity index is 506. The predicted molar refractivity (Wildman–Crippen MR) is 89.8 cm³/mol. The molecule has 0 aromatic heterocycles. The van der Waals surface area contributed by atoms with E-state index in [2.05, 4.69) is 40.2 Å². The van der Waals surface area contributed by atoms with Gasteiger partial charge in [0.15, 0.2) is 0 Å². The van der Waals surface area contributed by atoms with Gasteiger partial charge < -0.3 is 4.74 Å². The molecule has 2 saturated carbocycles. The van der Waals surface area contributed by atoms with Crippen LogP contribution in [0.15, 0.2) is 24.3 Å². The van der Waals surface area contributed by atoms with Crippen molar-refractivity contribution in [2.24, 2.45) is 5.41 Å². The number of alkyl halides is 1. The van der Waals surface area contributed by atoms with Gasteiger partial charge in [-0.25, -0.2) is 0 Å². The van der Waals surface area contributed by atoms with Gasteiger partial charge in [0.25, 0.3) is 0 Å². The number of aryl methyl sites for hydroxylation is 1. The number of hydrogen-bond acceptors (Lipinski definition) is 1. The number of rotatable bonds is 2. The maximum Gasteiger partial charge on any atom is 0.0831 e. The second-order valence-corrected chi connectivity index (χ2v) is 8.31. The van der Waals surface area contributed by atoms with Gasteiger partial charge in [-0.15, -0.1) is 0 Å². The van der Waals surface area contributed by atoms with Crippen LogP contribution in [0.5, 0.6) is 0 Å². The van der Waals surface area contributed by atoms with Crippen LogP contribution >= 0.6 is 15.9 Å². The third-order valence-electron chi connectivity index (χ3n) is 6.11. The van der Waals surface area contributed by atoms with Gasteiger partial charge in [0, 0.05) is 10.2 Å². The van der Waals surface area contributed by atoms with E-state index in [-0.39, 0.29) is 0 Å². The van der Waals surface area contributed by atoms with E-state index >= 15 is 0 Å². The quantitative estimate of drug-likeness (QED) is 0.635. The van der Waals surface area contributed by atoms with E-state index in [9.17, 15) is 0 Å². The molecule has 0 aliphatic heterocycles. The lowest BCUT2D eigenvalue weighted by molar-refractivity contribution is -0.154. The molecule has 114 valence electrons. The molecule has 0 saturated heterocycles. The molecule has 3 aliphatic carbocycles. The van der Waals surface area contributed by atoms with Gasteiger partial charge in [0.05, 0.1) is 12.2 Å². The summed E-state index contributed by atoms with van der Waals surface area (Å²) in [7, 11) is 0. The third kappa shape index (κ3) is 2.39. The zero-order valence-electron chi connectivity index (χ0n) is 12.7. The van der Waals surface area contributed by atoms with Crippen molar-refractivity contribution in [3.05, 3.63) is 35.4 Å². The molecule has 21 heavy (non-hydrogen) atoms. The van der Waals surface area contributed by atoms with E-state index in [4.69, 9.17) is 4.74 Å². The minimum absolute atomic E-state index is 0.346. The van der Waals surface area contributed by atoms with Crippen molar-refractivity contribution in [1.29, 1.82) is 0 Å². The zero-order valence-corrected chi connectivity index (χ0v) is 14.3. The van der Waals surface area contributed by atoms with Crippen molar-refractivity contribution in [2.45, 2.75) is 74.8 Å². The highest BCUT2D eigenvalue weighted by Crippen LogP contribution is 2.57. The van der Waals surface area contributed by atoms with E-state index < -0.39 is 0 Å². The molecule has 2 fully saturated rings. The molecule has 0 amide bonds. The summed E-state index contributed by atoms with van der Waals surface area (Å²) < 4.78 is 6.69. The van der Waals surface area contributed by atoms with Crippen LogP contribution in [0.1, 0.15) is 68.6 Å². The maximum absolute atomic E-state index is 6.69. The fraction of sp³-hybridized carbons (Fsp3) is 0.684. The summed E-state index contributed by atoms with van der Waals surface area (Å²) in [4.78, 5) is 0.689. The molecule has 4 rings (SSSR count). The van der Waals surface area contributed by atoms with Gasteiger partial charge in [-0.3, -0.25) is 0 Å². The van der Waals surface area contributed by atoms with Crippen LogP contribution in [0.25, 0.3) is 0 Å². The largest absolute Gasteiger partial charge is 0.370 e. The first-order valence-electron chi connectivity index (χ1n) is 8.67. The normalized spacial score (nSPS) is 34.2. The second kappa shape index (κ2) is 5.70. The Morgan fingerprint density at radius 1 is 1.05 bits per heavy atom. The van der Waals surface area contributed by atoms with Crippen molar-refractivity contribution in [2.75, 3.05) is 0 Å². The van der Waals surface area contributed by atoms with Crippen molar-refractivity contribution >= 4 is 15.9 Å². The smallest absolute Gasteiger partial charge is 0.0831 e. The van der Waals surface area contributed by atoms with Crippen molar-refractivity contribution in [3.8, 4) is 0 Å². The number of benzene rings is 1. The Morgan fingerprint density at radius 2 is 1.86 bits per heavy atom. The summed E-state index contributed by atoms with van der Waals surface area (Å²) in [5.41, 5.74) is 3.43. The molecule has 0 radical (unpaired) electrons. The van der Waals surface area contributed by atoms with Crippen molar-refractivity contribution in [1.82, 2.24) is 0 Å². The minimum Gasteiger partial charge on any atom is -0.370 e. The van der Waals surface area contributed by atoms with Gasteiger partial charge in [-0.2, -0.15) is 0 Å². The second-order valence-electron chi connectivity index (χ2n) is 7.20. The lowest BCUT2D eigenvalue weighted by Crippen LogP contribution is -2.56. The number of ether oxygens (including phenoxy) is 1. The minimum atomic E-state index is 0.346. The summed E-state index contributed by atoms with van der Waals surface area (Å²) in [5.74, 6) is 0. The standard InChI is InChI=1S/C19H25BrO/c20-17-13-18(19(17)11-4-1-5-12-19)21-16-10-6-8-14-7-2-3-9-15(14)16/h2-3,7,9,16-18H,1,4-6,8,10-13H2. The lowest BCUT2D eigenvalue weighted by Gasteiger charge is -2.56. The summed E-state index contributed by atoms with van der Waals surface area (Å²) in [5, 5.41) is 0. The van der Waals surface area contributed by atoms with Crippen LogP contribution in [-0.4, -0.2) is 10.9 Å². The average Bonchev–Trinajstić information content (AvgIpc) is 2.55. The lowest BCUT2D eigenvalue weighted by atomic mass is 9.58. The van der Waals surface area contributed by atoms with Crippen molar-refractivity contribution in [3.63, 3.8) is 0 Å². The molecule has 1 nitrogen and oxygen atoms in total. The summed E-state index contributed by atoms with van der Waals surface area (Å²) >= 11 is 3.94. The number of fused-ring (bicyclic) bond motifs is 1. The van der Waals surface area contributed by atoms with Crippen LogP contribution in [0.3, 0.4) is 0 Å². The Balaban J connectivity index is 1.52. The third-order valence-corrected chi connectivity index (χ3v) is 7.40. The maximum atomic E-state index is 6.69. The van der Waals surface area contributed by atoms with Gasteiger partial charge in [-0.05, 0) is 49.7 Å². The van der Waals surface area contributed by atoms with Crippen molar-refractivity contribution < 1.29 is 4.74 Å². The SMILES string of the molecule is BrC1CC(OC2CCCc3ccccc32)C12CCCCC2. The molecule has 0 heterocycles. The van der Waals surface area contributed by atoms with Crippen LogP contribution in [-0.2, 0) is 11.2 Å². The highest BCUT2D eigenvalue weighted by atomic mass is 79.9. The monoisotopic (exact) mass is 348 g/mol. The fourth-order valence-electron chi connectivity index (χ4n) is 4.78. The van der Waals surface area contributed by atoms with Gasteiger partial charge >= 0.3 is 0 Å². The zero-order chi connectivity index (χ0) is 14.3. The molecule has 2 heteroatoms. The highest BCUT2D eigenvalue weighted by Gasteiger charge is 2.55. The van der Waals surface area contributed by atoms with Gasteiger partial charge in [0.1, 0.15) is 0 Å².